The average molecular weight is 480 g/mol. The van der Waals surface area contributed by atoms with Crippen molar-refractivity contribution < 1.29 is 0 Å². The Balaban J connectivity index is 1.37. The fourth-order valence-electron chi connectivity index (χ4n) is 5.50. The first-order valence-electron chi connectivity index (χ1n) is 12.7. The number of hydrogen-bond acceptors (Lipinski definition) is 3. The van der Waals surface area contributed by atoms with Crippen molar-refractivity contribution in [3.8, 4) is 22.3 Å². The van der Waals surface area contributed by atoms with Gasteiger partial charge in [0.2, 0.25) is 0 Å². The van der Waals surface area contributed by atoms with Crippen LogP contribution < -0.4 is 5.32 Å². The highest BCUT2D eigenvalue weighted by Gasteiger charge is 2.12. The van der Waals surface area contributed by atoms with Gasteiger partial charge in [-0.3, -0.25) is 0 Å². The van der Waals surface area contributed by atoms with E-state index >= 15 is 0 Å². The van der Waals surface area contributed by atoms with Crippen LogP contribution in [0.15, 0.2) is 97.1 Å². The number of pyridine rings is 2. The zero-order chi connectivity index (χ0) is 25.5. The molecular weight excluding hydrogens is 450 g/mol. The maximum Gasteiger partial charge on any atom is 0.132 e. The molecule has 2 aromatic heterocycles. The largest absolute Gasteiger partial charge is 0.325 e. The summed E-state index contributed by atoms with van der Waals surface area (Å²) in [5, 5.41) is 5.73. The Morgan fingerprint density at radius 2 is 0.811 bits per heavy atom. The molecule has 3 nitrogen and oxygen atoms in total. The van der Waals surface area contributed by atoms with Gasteiger partial charge in [0.15, 0.2) is 0 Å². The zero-order valence-electron chi connectivity index (χ0n) is 21.6. The minimum atomic E-state index is 0.781. The summed E-state index contributed by atoms with van der Waals surface area (Å²) in [4.78, 5) is 9.87. The first-order valence-corrected chi connectivity index (χ1v) is 12.7. The molecule has 0 saturated carbocycles. The molecule has 0 saturated heterocycles. The third-order valence-corrected chi connectivity index (χ3v) is 7.22. The summed E-state index contributed by atoms with van der Waals surface area (Å²) < 4.78 is 0. The van der Waals surface area contributed by atoms with Gasteiger partial charge in [-0.15, -0.1) is 0 Å². The molecule has 6 rings (SSSR count). The van der Waals surface area contributed by atoms with Crippen LogP contribution in [0.4, 0.5) is 11.6 Å². The molecule has 180 valence electrons. The van der Waals surface area contributed by atoms with E-state index in [0.29, 0.717) is 0 Å². The van der Waals surface area contributed by atoms with Crippen LogP contribution in [0.5, 0.6) is 0 Å². The molecule has 0 amide bonds. The van der Waals surface area contributed by atoms with Crippen LogP contribution in [0.2, 0.25) is 0 Å². The van der Waals surface area contributed by atoms with Crippen molar-refractivity contribution in [2.75, 3.05) is 5.32 Å². The number of aromatic nitrogens is 2. The highest BCUT2D eigenvalue weighted by Crippen LogP contribution is 2.35. The molecule has 0 fully saturated rings. The maximum atomic E-state index is 4.93. The van der Waals surface area contributed by atoms with Gasteiger partial charge in [0.1, 0.15) is 11.6 Å². The second-order valence-electron chi connectivity index (χ2n) is 9.80. The van der Waals surface area contributed by atoms with Crippen LogP contribution in [0, 0.1) is 27.7 Å². The number of anilines is 2. The summed E-state index contributed by atoms with van der Waals surface area (Å²) >= 11 is 0. The van der Waals surface area contributed by atoms with E-state index in [1.807, 2.05) is 12.1 Å². The van der Waals surface area contributed by atoms with E-state index in [4.69, 9.17) is 9.97 Å². The van der Waals surface area contributed by atoms with Crippen molar-refractivity contribution >= 4 is 33.4 Å². The van der Waals surface area contributed by atoms with Crippen molar-refractivity contribution in [3.63, 3.8) is 0 Å². The molecular formula is C34H29N3. The molecule has 4 aromatic carbocycles. The number of benzene rings is 4. The molecule has 0 radical (unpaired) electrons. The van der Waals surface area contributed by atoms with Gasteiger partial charge >= 0.3 is 0 Å². The quantitative estimate of drug-likeness (QED) is 0.274. The Morgan fingerprint density at radius 1 is 0.432 bits per heavy atom. The molecule has 2 heterocycles. The minimum Gasteiger partial charge on any atom is -0.325 e. The number of rotatable bonds is 4. The van der Waals surface area contributed by atoms with Gasteiger partial charge in [-0.05, 0) is 109 Å². The molecule has 1 N–H and O–H groups in total. The minimum absolute atomic E-state index is 0.781. The fraction of sp³-hybridized carbons (Fsp3) is 0.118. The molecule has 0 bridgehead atoms. The summed E-state index contributed by atoms with van der Waals surface area (Å²) in [5.41, 5.74) is 12.0. The molecule has 0 spiro atoms. The molecule has 0 aliphatic heterocycles. The molecule has 0 unspecified atom stereocenters. The van der Waals surface area contributed by atoms with E-state index in [-0.39, 0.29) is 0 Å². The van der Waals surface area contributed by atoms with Crippen molar-refractivity contribution in [1.29, 1.82) is 0 Å². The van der Waals surface area contributed by atoms with Crippen molar-refractivity contribution in [1.82, 2.24) is 9.97 Å². The second-order valence-corrected chi connectivity index (χ2v) is 9.80. The third kappa shape index (κ3) is 4.13. The van der Waals surface area contributed by atoms with E-state index < -0.39 is 0 Å². The summed E-state index contributed by atoms with van der Waals surface area (Å²) in [6, 6.07) is 34.0. The van der Waals surface area contributed by atoms with Crippen molar-refractivity contribution in [3.05, 3.63) is 119 Å². The molecule has 37 heavy (non-hydrogen) atoms. The number of hydrogen-bond donors (Lipinski definition) is 1. The highest BCUT2D eigenvalue weighted by atomic mass is 15.1. The van der Waals surface area contributed by atoms with E-state index in [9.17, 15) is 0 Å². The van der Waals surface area contributed by atoms with Gasteiger partial charge in [0.25, 0.3) is 0 Å². The molecule has 0 aliphatic carbocycles. The van der Waals surface area contributed by atoms with Gasteiger partial charge in [-0.25, -0.2) is 9.97 Å². The van der Waals surface area contributed by atoms with E-state index in [2.05, 4.69) is 118 Å². The van der Waals surface area contributed by atoms with E-state index in [1.165, 1.54) is 44.5 Å². The Kier molecular flexibility index (Phi) is 5.69. The monoisotopic (exact) mass is 479 g/mol. The van der Waals surface area contributed by atoms with Gasteiger partial charge in [0, 0.05) is 10.8 Å². The van der Waals surface area contributed by atoms with Gasteiger partial charge in [-0.2, -0.15) is 0 Å². The smallest absolute Gasteiger partial charge is 0.132 e. The highest BCUT2D eigenvalue weighted by molar-refractivity contribution is 5.98. The standard InChI is InChI=1S/C34H29N3/c1-21-9-5-10-22(2)33(21)27-13-7-15-29-25(27)17-19-31(35-29)37-32-20-18-26-28(14-8-16-30(26)36-32)34-23(3)11-6-12-24(34)4/h5-20H,1-4H3,(H,35,36,37). The molecule has 6 aromatic rings. The average Bonchev–Trinajstić information content (AvgIpc) is 2.88. The van der Waals surface area contributed by atoms with Crippen molar-refractivity contribution in [2.24, 2.45) is 0 Å². The lowest BCUT2D eigenvalue weighted by Gasteiger charge is -2.14. The Hall–Kier alpha value is -4.50. The molecule has 0 atom stereocenters. The lowest BCUT2D eigenvalue weighted by molar-refractivity contribution is 1.31. The van der Waals surface area contributed by atoms with Crippen LogP contribution in [-0.2, 0) is 0 Å². The van der Waals surface area contributed by atoms with Crippen LogP contribution >= 0.6 is 0 Å². The summed E-state index contributed by atoms with van der Waals surface area (Å²) in [5.74, 6) is 1.56. The number of aryl methyl sites for hydroxylation is 4. The molecule has 0 aliphatic rings. The Bertz CT molecular complexity index is 1630. The summed E-state index contributed by atoms with van der Waals surface area (Å²) in [7, 11) is 0. The summed E-state index contributed by atoms with van der Waals surface area (Å²) in [6.45, 7) is 8.67. The van der Waals surface area contributed by atoms with Gasteiger partial charge in [-0.1, -0.05) is 60.7 Å². The number of nitrogens with zero attached hydrogens (tertiary/aromatic N) is 2. The fourth-order valence-corrected chi connectivity index (χ4v) is 5.50. The predicted molar refractivity (Wildman–Crippen MR) is 157 cm³/mol. The zero-order valence-corrected chi connectivity index (χ0v) is 21.6. The van der Waals surface area contributed by atoms with Crippen molar-refractivity contribution in [2.45, 2.75) is 27.7 Å². The SMILES string of the molecule is Cc1cccc(C)c1-c1cccc2nc(Nc3ccc4c(-c5c(C)cccc5C)cccc4n3)ccc12. The van der Waals surface area contributed by atoms with Crippen LogP contribution in [0.3, 0.4) is 0 Å². The summed E-state index contributed by atoms with van der Waals surface area (Å²) in [6.07, 6.45) is 0. The van der Waals surface area contributed by atoms with Crippen LogP contribution in [0.1, 0.15) is 22.3 Å². The topological polar surface area (TPSA) is 37.8 Å². The van der Waals surface area contributed by atoms with Crippen LogP contribution in [-0.4, -0.2) is 9.97 Å². The van der Waals surface area contributed by atoms with Gasteiger partial charge < -0.3 is 5.32 Å². The first kappa shape index (κ1) is 22.9. The second kappa shape index (κ2) is 9.18. The Labute approximate surface area is 217 Å². The maximum absolute atomic E-state index is 4.93. The predicted octanol–water partition coefficient (Wildman–Crippen LogP) is 9.09. The Morgan fingerprint density at radius 3 is 1.22 bits per heavy atom. The number of fused-ring (bicyclic) bond motifs is 2. The number of nitrogens with one attached hydrogen (secondary N) is 1. The third-order valence-electron chi connectivity index (χ3n) is 7.22. The first-order chi connectivity index (χ1) is 18.0. The van der Waals surface area contributed by atoms with Gasteiger partial charge in [0.05, 0.1) is 11.0 Å². The van der Waals surface area contributed by atoms with E-state index in [0.717, 1.165) is 33.4 Å². The lowest BCUT2D eigenvalue weighted by atomic mass is 9.93. The molecule has 3 heteroatoms. The van der Waals surface area contributed by atoms with E-state index in [1.54, 1.807) is 0 Å². The normalized spacial score (nSPS) is 11.2. The van der Waals surface area contributed by atoms with Crippen LogP contribution in [0.25, 0.3) is 44.1 Å². The lowest BCUT2D eigenvalue weighted by Crippen LogP contribution is -1.98.